The highest BCUT2D eigenvalue weighted by molar-refractivity contribution is 7.89. The molecule has 0 aliphatic rings. The van der Waals surface area contributed by atoms with E-state index in [1.54, 1.807) is 12.1 Å². The van der Waals surface area contributed by atoms with Crippen molar-refractivity contribution in [2.45, 2.75) is 24.7 Å². The predicted octanol–water partition coefficient (Wildman–Crippen LogP) is 0.512. The smallest absolute Gasteiger partial charge is 0.253 e. The number of hydrogen-bond donors (Lipinski definition) is 3. The maximum Gasteiger partial charge on any atom is 0.253 e. The van der Waals surface area contributed by atoms with E-state index < -0.39 is 28.4 Å². The van der Waals surface area contributed by atoms with Crippen molar-refractivity contribution in [2.24, 2.45) is 0 Å². The highest BCUT2D eigenvalue weighted by Gasteiger charge is 2.22. The van der Waals surface area contributed by atoms with Crippen LogP contribution in [0.2, 0.25) is 0 Å². The second-order valence-corrected chi connectivity index (χ2v) is 8.98. The Hall–Kier alpha value is -3.24. The minimum atomic E-state index is -3.83. The summed E-state index contributed by atoms with van der Waals surface area (Å²) in [6, 6.07) is 15.5. The van der Waals surface area contributed by atoms with E-state index in [4.69, 9.17) is 0 Å². The summed E-state index contributed by atoms with van der Waals surface area (Å²) in [5, 5.41) is 2.62. The van der Waals surface area contributed by atoms with Gasteiger partial charge in [-0.05, 0) is 24.6 Å². The number of benzene rings is 2. The molecule has 2 rings (SSSR count). The standard InChI is InChI=1S/C21H26N4O5S/c1-16-8-10-18(11-9-16)31(29,30)25(2)15-21(28)24-23-19(26)12-13-22-20(27)14-17-6-4-3-5-7-17/h3-11H,12-15H2,1-2H3,(H,22,27)(H,23,26)(H,24,28). The Morgan fingerprint density at radius 2 is 1.48 bits per heavy atom. The van der Waals surface area contributed by atoms with Crippen LogP contribution >= 0.6 is 0 Å². The number of likely N-dealkylation sites (N-methyl/N-ethyl adjacent to an activating group) is 1. The molecule has 0 aliphatic heterocycles. The number of hydrogen-bond acceptors (Lipinski definition) is 5. The first kappa shape index (κ1) is 24.0. The Kier molecular flexibility index (Phi) is 8.71. The molecule has 0 saturated carbocycles. The molecular weight excluding hydrogens is 420 g/mol. The number of sulfonamides is 1. The predicted molar refractivity (Wildman–Crippen MR) is 115 cm³/mol. The van der Waals surface area contributed by atoms with Crippen LogP contribution in [0.25, 0.3) is 0 Å². The van der Waals surface area contributed by atoms with Crippen molar-refractivity contribution in [3.05, 3.63) is 65.7 Å². The van der Waals surface area contributed by atoms with Crippen molar-refractivity contribution < 1.29 is 22.8 Å². The number of carbonyl (C=O) groups is 3. The van der Waals surface area contributed by atoms with Gasteiger partial charge in [0, 0.05) is 20.0 Å². The van der Waals surface area contributed by atoms with Crippen LogP contribution in [0, 0.1) is 6.92 Å². The lowest BCUT2D eigenvalue weighted by atomic mass is 10.1. The number of hydrazine groups is 1. The number of aryl methyl sites for hydroxylation is 1. The zero-order valence-electron chi connectivity index (χ0n) is 17.4. The fourth-order valence-corrected chi connectivity index (χ4v) is 3.71. The lowest BCUT2D eigenvalue weighted by Crippen LogP contribution is -2.47. The largest absolute Gasteiger partial charge is 0.355 e. The average molecular weight is 447 g/mol. The van der Waals surface area contributed by atoms with E-state index in [2.05, 4.69) is 16.2 Å². The van der Waals surface area contributed by atoms with Crippen LogP contribution in [0.15, 0.2) is 59.5 Å². The number of amides is 3. The second-order valence-electron chi connectivity index (χ2n) is 6.93. The monoisotopic (exact) mass is 446 g/mol. The first-order valence-corrected chi connectivity index (χ1v) is 11.0. The minimum Gasteiger partial charge on any atom is -0.355 e. The second kappa shape index (κ2) is 11.2. The summed E-state index contributed by atoms with van der Waals surface area (Å²) in [5.41, 5.74) is 6.14. The molecule has 0 heterocycles. The third kappa shape index (κ3) is 7.83. The summed E-state index contributed by atoms with van der Waals surface area (Å²) in [4.78, 5) is 35.7. The molecule has 166 valence electrons. The fourth-order valence-electron chi connectivity index (χ4n) is 2.58. The Morgan fingerprint density at radius 1 is 0.871 bits per heavy atom. The van der Waals surface area contributed by atoms with Crippen LogP contribution in [0.1, 0.15) is 17.5 Å². The van der Waals surface area contributed by atoms with E-state index in [-0.39, 0.29) is 30.2 Å². The van der Waals surface area contributed by atoms with Crippen molar-refractivity contribution in [3.63, 3.8) is 0 Å². The molecule has 9 nitrogen and oxygen atoms in total. The van der Waals surface area contributed by atoms with Crippen LogP contribution < -0.4 is 16.2 Å². The molecule has 0 bridgehead atoms. The van der Waals surface area contributed by atoms with E-state index in [0.717, 1.165) is 15.4 Å². The van der Waals surface area contributed by atoms with E-state index in [1.165, 1.54) is 19.2 Å². The van der Waals surface area contributed by atoms with Crippen molar-refractivity contribution in [3.8, 4) is 0 Å². The molecule has 0 aliphatic carbocycles. The highest BCUT2D eigenvalue weighted by Crippen LogP contribution is 2.14. The van der Waals surface area contributed by atoms with E-state index in [0.29, 0.717) is 0 Å². The molecule has 2 aromatic carbocycles. The van der Waals surface area contributed by atoms with Crippen molar-refractivity contribution in [1.29, 1.82) is 0 Å². The van der Waals surface area contributed by atoms with Gasteiger partial charge in [0.25, 0.3) is 5.91 Å². The average Bonchev–Trinajstić information content (AvgIpc) is 2.73. The molecular formula is C21H26N4O5S. The molecule has 0 atom stereocenters. The van der Waals surface area contributed by atoms with Gasteiger partial charge in [-0.25, -0.2) is 8.42 Å². The minimum absolute atomic E-state index is 0.0433. The van der Waals surface area contributed by atoms with Crippen LogP contribution in [0.5, 0.6) is 0 Å². The fraction of sp³-hybridized carbons (Fsp3) is 0.286. The van der Waals surface area contributed by atoms with Gasteiger partial charge in [0.05, 0.1) is 17.9 Å². The van der Waals surface area contributed by atoms with Gasteiger partial charge in [0.15, 0.2) is 0 Å². The Bertz CT molecular complexity index is 1010. The first-order chi connectivity index (χ1) is 14.7. The number of nitrogens with zero attached hydrogens (tertiary/aromatic N) is 1. The molecule has 3 amide bonds. The summed E-state index contributed by atoms with van der Waals surface area (Å²) in [6.45, 7) is 1.48. The maximum atomic E-state index is 12.5. The number of carbonyl (C=O) groups excluding carboxylic acids is 3. The van der Waals surface area contributed by atoms with Gasteiger partial charge in [0.1, 0.15) is 0 Å². The molecule has 31 heavy (non-hydrogen) atoms. The Balaban J connectivity index is 1.69. The zero-order valence-corrected chi connectivity index (χ0v) is 18.2. The van der Waals surface area contributed by atoms with Crippen molar-refractivity contribution in [1.82, 2.24) is 20.5 Å². The quantitative estimate of drug-likeness (QED) is 0.484. The van der Waals surface area contributed by atoms with E-state index in [1.807, 2.05) is 37.3 Å². The van der Waals surface area contributed by atoms with Gasteiger partial charge in [-0.1, -0.05) is 48.0 Å². The van der Waals surface area contributed by atoms with Gasteiger partial charge in [0.2, 0.25) is 21.8 Å². The topological polar surface area (TPSA) is 125 Å². The summed E-state index contributed by atoms with van der Waals surface area (Å²) >= 11 is 0. The van der Waals surface area contributed by atoms with Crippen LogP contribution in [0.3, 0.4) is 0 Å². The van der Waals surface area contributed by atoms with E-state index >= 15 is 0 Å². The van der Waals surface area contributed by atoms with Gasteiger partial charge in [-0.2, -0.15) is 4.31 Å². The zero-order chi connectivity index (χ0) is 22.9. The normalized spacial score (nSPS) is 11.1. The van der Waals surface area contributed by atoms with Crippen molar-refractivity contribution >= 4 is 27.7 Å². The third-order valence-electron chi connectivity index (χ3n) is 4.32. The van der Waals surface area contributed by atoms with Gasteiger partial charge in [-0.3, -0.25) is 25.2 Å². The Labute approximate surface area is 181 Å². The SMILES string of the molecule is Cc1ccc(S(=O)(=O)N(C)CC(=O)NNC(=O)CCNC(=O)Cc2ccccc2)cc1. The van der Waals surface area contributed by atoms with Crippen LogP contribution in [0.4, 0.5) is 0 Å². The molecule has 3 N–H and O–H groups in total. The van der Waals surface area contributed by atoms with Crippen molar-refractivity contribution in [2.75, 3.05) is 20.1 Å². The van der Waals surface area contributed by atoms with Gasteiger partial charge in [-0.15, -0.1) is 0 Å². The van der Waals surface area contributed by atoms with Crippen LogP contribution in [-0.2, 0) is 30.8 Å². The first-order valence-electron chi connectivity index (χ1n) is 9.60. The molecule has 0 saturated heterocycles. The molecule has 10 heteroatoms. The molecule has 2 aromatic rings. The summed E-state index contributed by atoms with van der Waals surface area (Å²) < 4.78 is 25.8. The summed E-state index contributed by atoms with van der Waals surface area (Å²) in [6.07, 6.45) is 0.166. The summed E-state index contributed by atoms with van der Waals surface area (Å²) in [7, 11) is -2.55. The molecule has 0 unspecified atom stereocenters. The van der Waals surface area contributed by atoms with Gasteiger partial charge < -0.3 is 5.32 Å². The lowest BCUT2D eigenvalue weighted by molar-refractivity contribution is -0.129. The number of nitrogens with one attached hydrogen (secondary N) is 3. The van der Waals surface area contributed by atoms with Crippen LogP contribution in [-0.4, -0.2) is 50.6 Å². The Morgan fingerprint density at radius 3 is 2.13 bits per heavy atom. The number of rotatable bonds is 9. The summed E-state index contributed by atoms with van der Waals surface area (Å²) in [5.74, 6) is -1.43. The van der Waals surface area contributed by atoms with E-state index in [9.17, 15) is 22.8 Å². The third-order valence-corrected chi connectivity index (χ3v) is 6.14. The molecule has 0 spiro atoms. The molecule has 0 aromatic heterocycles. The molecule has 0 radical (unpaired) electrons. The highest BCUT2D eigenvalue weighted by atomic mass is 32.2. The maximum absolute atomic E-state index is 12.5. The lowest BCUT2D eigenvalue weighted by Gasteiger charge is -2.17. The molecule has 0 fully saturated rings. The van der Waals surface area contributed by atoms with Gasteiger partial charge >= 0.3 is 0 Å².